The molecular formula is C6H11NS. The van der Waals surface area contributed by atoms with Gasteiger partial charge in [0.25, 0.3) is 0 Å². The van der Waals surface area contributed by atoms with Crippen LogP contribution in [0.2, 0.25) is 0 Å². The lowest BCUT2D eigenvalue weighted by atomic mass is 10.3. The highest BCUT2D eigenvalue weighted by atomic mass is 32.2. The van der Waals surface area contributed by atoms with Gasteiger partial charge in [0.15, 0.2) is 0 Å². The van der Waals surface area contributed by atoms with Crippen molar-refractivity contribution in [1.82, 2.24) is 0 Å². The number of rotatable bonds is 3. The Hall–Kier alpha value is -0.160. The van der Waals surface area contributed by atoms with Crippen LogP contribution in [-0.4, -0.2) is 5.25 Å². The third-order valence-corrected chi connectivity index (χ3v) is 1.69. The number of hydrogen-bond donors (Lipinski definition) is 0. The number of thioether (sulfide) groups is 1. The van der Waals surface area contributed by atoms with Crippen molar-refractivity contribution in [3.63, 3.8) is 0 Å². The fourth-order valence-corrected chi connectivity index (χ4v) is 1.09. The van der Waals surface area contributed by atoms with Gasteiger partial charge in [-0.05, 0) is 18.2 Å². The Balaban J connectivity index is 3.08. The van der Waals surface area contributed by atoms with Crippen molar-refractivity contribution in [2.24, 2.45) is 0 Å². The topological polar surface area (TPSA) is 23.8 Å². The number of hydrogen-bond acceptors (Lipinski definition) is 2. The van der Waals surface area contributed by atoms with E-state index in [0.717, 1.165) is 6.42 Å². The molecule has 0 amide bonds. The summed E-state index contributed by atoms with van der Waals surface area (Å²) in [4.78, 5) is 0. The number of nitrogens with zero attached hydrogens (tertiary/aromatic N) is 1. The van der Waals surface area contributed by atoms with Crippen molar-refractivity contribution in [3.8, 4) is 5.40 Å². The first-order chi connectivity index (χ1) is 3.81. The van der Waals surface area contributed by atoms with Crippen molar-refractivity contribution < 1.29 is 0 Å². The van der Waals surface area contributed by atoms with Crippen LogP contribution < -0.4 is 0 Å². The Labute approximate surface area is 55.1 Å². The van der Waals surface area contributed by atoms with E-state index in [0.29, 0.717) is 5.25 Å². The van der Waals surface area contributed by atoms with Gasteiger partial charge in [0.05, 0.1) is 0 Å². The molecular weight excluding hydrogens is 118 g/mol. The Morgan fingerprint density at radius 2 is 2.38 bits per heavy atom. The SMILES string of the molecule is CCC[C@@H](C)SC#N. The van der Waals surface area contributed by atoms with Gasteiger partial charge in [0.2, 0.25) is 0 Å². The van der Waals surface area contributed by atoms with Crippen LogP contribution in [0, 0.1) is 10.7 Å². The predicted octanol–water partition coefficient (Wildman–Crippen LogP) is 2.39. The molecule has 8 heavy (non-hydrogen) atoms. The van der Waals surface area contributed by atoms with E-state index >= 15 is 0 Å². The maximum Gasteiger partial charge on any atom is 0.133 e. The normalized spacial score (nSPS) is 12.6. The van der Waals surface area contributed by atoms with Crippen molar-refractivity contribution >= 4 is 11.8 Å². The summed E-state index contributed by atoms with van der Waals surface area (Å²) in [5, 5.41) is 10.8. The highest BCUT2D eigenvalue weighted by molar-refractivity contribution is 8.04. The Kier molecular flexibility index (Phi) is 4.89. The molecule has 0 aromatic carbocycles. The van der Waals surface area contributed by atoms with Gasteiger partial charge in [-0.3, -0.25) is 0 Å². The van der Waals surface area contributed by atoms with Crippen LogP contribution in [0.1, 0.15) is 26.7 Å². The highest BCUT2D eigenvalue weighted by Gasteiger charge is 1.97. The monoisotopic (exact) mass is 129 g/mol. The molecule has 0 N–H and O–H groups in total. The summed E-state index contributed by atoms with van der Waals surface area (Å²) in [6, 6.07) is 0. The third kappa shape index (κ3) is 4.01. The summed E-state index contributed by atoms with van der Waals surface area (Å²) in [5.74, 6) is 0. The predicted molar refractivity (Wildman–Crippen MR) is 37.6 cm³/mol. The lowest BCUT2D eigenvalue weighted by molar-refractivity contribution is 0.789. The summed E-state index contributed by atoms with van der Waals surface area (Å²) < 4.78 is 0. The maximum absolute atomic E-state index is 8.18. The lowest BCUT2D eigenvalue weighted by Crippen LogP contribution is -1.91. The molecule has 1 nitrogen and oxygen atoms in total. The Morgan fingerprint density at radius 3 is 2.75 bits per heavy atom. The molecule has 0 heterocycles. The lowest BCUT2D eigenvalue weighted by Gasteiger charge is -1.99. The molecule has 0 saturated heterocycles. The fraction of sp³-hybridized carbons (Fsp3) is 0.833. The molecule has 0 aliphatic carbocycles. The molecule has 0 unspecified atom stereocenters. The highest BCUT2D eigenvalue weighted by Crippen LogP contribution is 2.12. The summed E-state index contributed by atoms with van der Waals surface area (Å²) >= 11 is 1.36. The molecule has 0 aromatic rings. The summed E-state index contributed by atoms with van der Waals surface area (Å²) in [6.07, 6.45) is 2.33. The second-order valence-corrected chi connectivity index (χ2v) is 3.03. The summed E-state index contributed by atoms with van der Waals surface area (Å²) in [6.45, 7) is 4.21. The molecule has 46 valence electrons. The zero-order valence-corrected chi connectivity index (χ0v) is 6.16. The molecule has 0 spiro atoms. The minimum Gasteiger partial charge on any atom is -0.185 e. The molecule has 0 fully saturated rings. The van der Waals surface area contributed by atoms with Gasteiger partial charge in [0.1, 0.15) is 5.40 Å². The van der Waals surface area contributed by atoms with Crippen LogP contribution in [0.25, 0.3) is 0 Å². The summed E-state index contributed by atoms with van der Waals surface area (Å²) in [7, 11) is 0. The van der Waals surface area contributed by atoms with Gasteiger partial charge in [0, 0.05) is 5.25 Å². The molecule has 0 saturated carbocycles. The second-order valence-electron chi connectivity index (χ2n) is 1.81. The van der Waals surface area contributed by atoms with Gasteiger partial charge in [-0.1, -0.05) is 20.3 Å². The fourth-order valence-electron chi connectivity index (χ4n) is 0.555. The van der Waals surface area contributed by atoms with E-state index < -0.39 is 0 Å². The average molecular weight is 129 g/mol. The van der Waals surface area contributed by atoms with Crippen molar-refractivity contribution in [1.29, 1.82) is 5.26 Å². The van der Waals surface area contributed by atoms with Crippen LogP contribution in [0.15, 0.2) is 0 Å². The molecule has 2 heteroatoms. The minimum atomic E-state index is 0.519. The van der Waals surface area contributed by atoms with Gasteiger partial charge in [-0.2, -0.15) is 5.26 Å². The average Bonchev–Trinajstić information content (AvgIpc) is 1.68. The molecule has 0 radical (unpaired) electrons. The van der Waals surface area contributed by atoms with Gasteiger partial charge in [-0.25, -0.2) is 0 Å². The van der Waals surface area contributed by atoms with E-state index in [1.165, 1.54) is 18.2 Å². The van der Waals surface area contributed by atoms with Crippen molar-refractivity contribution in [2.45, 2.75) is 31.9 Å². The van der Waals surface area contributed by atoms with Crippen LogP contribution in [0.4, 0.5) is 0 Å². The minimum absolute atomic E-state index is 0.519. The summed E-state index contributed by atoms with van der Waals surface area (Å²) in [5.41, 5.74) is 0. The Morgan fingerprint density at radius 1 is 1.75 bits per heavy atom. The molecule has 0 aliphatic heterocycles. The maximum atomic E-state index is 8.18. The van der Waals surface area contributed by atoms with Crippen LogP contribution >= 0.6 is 11.8 Å². The van der Waals surface area contributed by atoms with Crippen LogP contribution in [-0.2, 0) is 0 Å². The van der Waals surface area contributed by atoms with Gasteiger partial charge in [-0.15, -0.1) is 0 Å². The van der Waals surface area contributed by atoms with E-state index in [1.54, 1.807) is 0 Å². The first kappa shape index (κ1) is 7.84. The van der Waals surface area contributed by atoms with Crippen LogP contribution in [0.3, 0.4) is 0 Å². The van der Waals surface area contributed by atoms with E-state index in [-0.39, 0.29) is 0 Å². The standard InChI is InChI=1S/C6H11NS/c1-3-4-6(2)8-5-7/h6H,3-4H2,1-2H3/t6-/m1/s1. The molecule has 0 bridgehead atoms. The van der Waals surface area contributed by atoms with E-state index in [9.17, 15) is 0 Å². The van der Waals surface area contributed by atoms with E-state index in [4.69, 9.17) is 5.26 Å². The number of thiocyanates is 1. The van der Waals surface area contributed by atoms with Crippen molar-refractivity contribution in [2.75, 3.05) is 0 Å². The van der Waals surface area contributed by atoms with E-state index in [1.807, 2.05) is 0 Å². The Bertz CT molecular complexity index is 85.0. The zero-order chi connectivity index (χ0) is 6.41. The molecule has 0 aliphatic rings. The van der Waals surface area contributed by atoms with Crippen molar-refractivity contribution in [3.05, 3.63) is 0 Å². The van der Waals surface area contributed by atoms with Gasteiger partial charge >= 0.3 is 0 Å². The third-order valence-electron chi connectivity index (χ3n) is 0.949. The molecule has 0 aromatic heterocycles. The van der Waals surface area contributed by atoms with E-state index in [2.05, 4.69) is 19.2 Å². The largest absolute Gasteiger partial charge is 0.185 e. The molecule has 0 rings (SSSR count). The molecule has 1 atom stereocenters. The first-order valence-electron chi connectivity index (χ1n) is 2.86. The first-order valence-corrected chi connectivity index (χ1v) is 3.74. The number of nitriles is 1. The van der Waals surface area contributed by atoms with Crippen LogP contribution in [0.5, 0.6) is 0 Å². The van der Waals surface area contributed by atoms with Gasteiger partial charge < -0.3 is 0 Å². The quantitative estimate of drug-likeness (QED) is 0.546. The second kappa shape index (κ2) is 4.99. The zero-order valence-electron chi connectivity index (χ0n) is 5.35. The smallest absolute Gasteiger partial charge is 0.133 e.